The third-order valence-electron chi connectivity index (χ3n) is 2.80. The van der Waals surface area contributed by atoms with Crippen LogP contribution in [-0.4, -0.2) is 11.9 Å². The quantitative estimate of drug-likeness (QED) is 0.798. The Labute approximate surface area is 137 Å². The van der Waals surface area contributed by atoms with Crippen LogP contribution in [0.3, 0.4) is 0 Å². The molecular weight excluding hydrogens is 325 g/mol. The number of rotatable bonds is 4. The fourth-order valence-electron chi connectivity index (χ4n) is 1.82. The first-order valence-electron chi connectivity index (χ1n) is 6.34. The summed E-state index contributed by atoms with van der Waals surface area (Å²) in [6.07, 6.45) is 0. The number of nitrogens with two attached hydrogens (primary N) is 1. The fraction of sp³-hybridized carbons (Fsp3) is 0.0667. The van der Waals surface area contributed by atoms with Crippen LogP contribution in [0.25, 0.3) is 0 Å². The van der Waals surface area contributed by atoms with Gasteiger partial charge in [0.1, 0.15) is 0 Å². The van der Waals surface area contributed by atoms with Crippen LogP contribution in [-0.2, 0) is 6.54 Å². The molecule has 2 rings (SSSR count). The Kier molecular flexibility index (Phi) is 5.25. The monoisotopic (exact) mass is 337 g/mol. The van der Waals surface area contributed by atoms with E-state index in [1.54, 1.807) is 42.5 Å². The van der Waals surface area contributed by atoms with Crippen molar-refractivity contribution in [1.29, 1.82) is 0 Å². The molecule has 0 unspecified atom stereocenters. The van der Waals surface area contributed by atoms with Gasteiger partial charge in [-0.25, -0.2) is 4.79 Å². The molecule has 0 fully saturated rings. The maximum Gasteiger partial charge on any atom is 0.316 e. The number of urea groups is 1. The van der Waals surface area contributed by atoms with E-state index in [-0.39, 0.29) is 5.91 Å². The molecule has 7 heteroatoms. The van der Waals surface area contributed by atoms with Crippen LogP contribution in [0.15, 0.2) is 42.5 Å². The number of benzene rings is 2. The highest BCUT2D eigenvalue weighted by atomic mass is 35.5. The van der Waals surface area contributed by atoms with E-state index < -0.39 is 6.03 Å². The van der Waals surface area contributed by atoms with E-state index in [4.69, 9.17) is 28.9 Å². The van der Waals surface area contributed by atoms with E-state index in [0.29, 0.717) is 27.8 Å². The van der Waals surface area contributed by atoms with Gasteiger partial charge in [-0.05, 0) is 35.9 Å². The number of amides is 3. The Bertz CT molecular complexity index is 682. The first-order chi connectivity index (χ1) is 10.4. The van der Waals surface area contributed by atoms with Crippen molar-refractivity contribution < 1.29 is 9.59 Å². The van der Waals surface area contributed by atoms with E-state index in [1.807, 2.05) is 0 Å². The Hall–Kier alpha value is -2.24. The second-order valence-corrected chi connectivity index (χ2v) is 5.40. The summed E-state index contributed by atoms with van der Waals surface area (Å²) in [7, 11) is 0. The van der Waals surface area contributed by atoms with E-state index in [9.17, 15) is 9.59 Å². The van der Waals surface area contributed by atoms with Gasteiger partial charge in [-0.1, -0.05) is 35.3 Å². The molecule has 0 heterocycles. The molecule has 5 nitrogen and oxygen atoms in total. The molecule has 0 spiro atoms. The van der Waals surface area contributed by atoms with Gasteiger partial charge in [0, 0.05) is 27.8 Å². The maximum atomic E-state index is 12.0. The Balaban J connectivity index is 1.97. The lowest BCUT2D eigenvalue weighted by Gasteiger charge is -2.07. The molecule has 0 bridgehead atoms. The van der Waals surface area contributed by atoms with Crippen LogP contribution < -0.4 is 16.4 Å². The van der Waals surface area contributed by atoms with Crippen molar-refractivity contribution in [2.75, 3.05) is 5.32 Å². The van der Waals surface area contributed by atoms with Crippen LogP contribution in [0.2, 0.25) is 10.0 Å². The van der Waals surface area contributed by atoms with Crippen LogP contribution >= 0.6 is 23.2 Å². The summed E-state index contributed by atoms with van der Waals surface area (Å²) in [4.78, 5) is 22.7. The first kappa shape index (κ1) is 16.1. The summed E-state index contributed by atoms with van der Waals surface area (Å²) < 4.78 is 0. The van der Waals surface area contributed by atoms with Crippen molar-refractivity contribution in [3.8, 4) is 0 Å². The fourth-order valence-corrected chi connectivity index (χ4v) is 2.34. The molecule has 0 aromatic heterocycles. The number of carbonyl (C=O) groups is 2. The lowest BCUT2D eigenvalue weighted by Crippen LogP contribution is -2.23. The van der Waals surface area contributed by atoms with Crippen molar-refractivity contribution in [1.82, 2.24) is 5.32 Å². The van der Waals surface area contributed by atoms with E-state index in [0.717, 1.165) is 5.56 Å². The number of halogens is 2. The molecule has 0 aliphatic carbocycles. The molecule has 0 aliphatic heterocycles. The zero-order chi connectivity index (χ0) is 16.1. The third kappa shape index (κ3) is 4.65. The summed E-state index contributed by atoms with van der Waals surface area (Å²) in [6.45, 7) is 0.333. The lowest BCUT2D eigenvalue weighted by molar-refractivity contribution is 0.0951. The Morgan fingerprint density at radius 1 is 1.00 bits per heavy atom. The molecule has 0 saturated heterocycles. The number of hydrogen-bond acceptors (Lipinski definition) is 2. The van der Waals surface area contributed by atoms with Gasteiger partial charge in [0.05, 0.1) is 0 Å². The molecule has 4 N–H and O–H groups in total. The minimum absolute atomic E-state index is 0.274. The molecule has 114 valence electrons. The third-order valence-corrected chi connectivity index (χ3v) is 3.24. The maximum absolute atomic E-state index is 12.0. The molecule has 0 saturated carbocycles. The largest absolute Gasteiger partial charge is 0.351 e. The highest BCUT2D eigenvalue weighted by molar-refractivity contribution is 6.35. The van der Waals surface area contributed by atoms with Gasteiger partial charge in [-0.3, -0.25) is 4.79 Å². The van der Waals surface area contributed by atoms with Gasteiger partial charge >= 0.3 is 6.03 Å². The number of hydrogen-bond donors (Lipinski definition) is 3. The standard InChI is InChI=1S/C15H13Cl2N3O2/c16-11-5-10(6-12(17)7-11)14(21)19-8-9-1-3-13(4-2-9)20-15(18)22/h1-7H,8H2,(H,19,21)(H3,18,20,22). The molecular formula is C15H13Cl2N3O2. The van der Waals surface area contributed by atoms with Crippen LogP contribution in [0, 0.1) is 0 Å². The van der Waals surface area contributed by atoms with Gasteiger partial charge in [-0.15, -0.1) is 0 Å². The highest BCUT2D eigenvalue weighted by Gasteiger charge is 2.07. The normalized spacial score (nSPS) is 10.1. The van der Waals surface area contributed by atoms with Crippen molar-refractivity contribution in [2.45, 2.75) is 6.54 Å². The average Bonchev–Trinajstić information content (AvgIpc) is 2.44. The minimum Gasteiger partial charge on any atom is -0.351 e. The van der Waals surface area contributed by atoms with Crippen molar-refractivity contribution in [3.05, 3.63) is 63.6 Å². The van der Waals surface area contributed by atoms with Crippen LogP contribution in [0.5, 0.6) is 0 Å². The average molecular weight is 338 g/mol. The Morgan fingerprint density at radius 3 is 2.14 bits per heavy atom. The topological polar surface area (TPSA) is 84.2 Å². The lowest BCUT2D eigenvalue weighted by atomic mass is 10.2. The predicted octanol–water partition coefficient (Wildman–Crippen LogP) is 3.41. The summed E-state index contributed by atoms with van der Waals surface area (Å²) in [5.74, 6) is -0.274. The molecule has 0 atom stereocenters. The highest BCUT2D eigenvalue weighted by Crippen LogP contribution is 2.19. The van der Waals surface area contributed by atoms with Gasteiger partial charge in [-0.2, -0.15) is 0 Å². The summed E-state index contributed by atoms with van der Waals surface area (Å²) >= 11 is 11.7. The van der Waals surface area contributed by atoms with E-state index >= 15 is 0 Å². The van der Waals surface area contributed by atoms with Gasteiger partial charge < -0.3 is 16.4 Å². The smallest absolute Gasteiger partial charge is 0.316 e. The van der Waals surface area contributed by atoms with E-state index in [1.165, 1.54) is 0 Å². The molecule has 2 aromatic rings. The van der Waals surface area contributed by atoms with Crippen molar-refractivity contribution >= 4 is 40.8 Å². The molecule has 0 radical (unpaired) electrons. The van der Waals surface area contributed by atoms with E-state index in [2.05, 4.69) is 10.6 Å². The number of anilines is 1. The van der Waals surface area contributed by atoms with Crippen LogP contribution in [0.1, 0.15) is 15.9 Å². The van der Waals surface area contributed by atoms with Gasteiger partial charge in [0.25, 0.3) is 5.91 Å². The van der Waals surface area contributed by atoms with Gasteiger partial charge in [0.15, 0.2) is 0 Å². The molecule has 2 aromatic carbocycles. The number of carbonyl (C=O) groups excluding carboxylic acids is 2. The van der Waals surface area contributed by atoms with Gasteiger partial charge in [0.2, 0.25) is 0 Å². The molecule has 22 heavy (non-hydrogen) atoms. The first-order valence-corrected chi connectivity index (χ1v) is 7.09. The second kappa shape index (κ2) is 7.15. The van der Waals surface area contributed by atoms with Crippen molar-refractivity contribution in [3.63, 3.8) is 0 Å². The Morgan fingerprint density at radius 2 is 1.59 bits per heavy atom. The molecule has 0 aliphatic rings. The minimum atomic E-state index is -0.626. The molecule has 3 amide bonds. The zero-order valence-electron chi connectivity index (χ0n) is 11.4. The number of nitrogens with one attached hydrogen (secondary N) is 2. The predicted molar refractivity (Wildman–Crippen MR) is 87.3 cm³/mol. The summed E-state index contributed by atoms with van der Waals surface area (Å²) in [6, 6.07) is 11.0. The SMILES string of the molecule is NC(=O)Nc1ccc(CNC(=O)c2cc(Cl)cc(Cl)c2)cc1. The number of primary amides is 1. The summed E-state index contributed by atoms with van der Waals surface area (Å²) in [5, 5.41) is 6.02. The summed E-state index contributed by atoms with van der Waals surface area (Å²) in [5.41, 5.74) is 6.87. The second-order valence-electron chi connectivity index (χ2n) is 4.53. The van der Waals surface area contributed by atoms with Crippen LogP contribution in [0.4, 0.5) is 10.5 Å². The van der Waals surface area contributed by atoms with Crippen molar-refractivity contribution in [2.24, 2.45) is 5.73 Å². The zero-order valence-corrected chi connectivity index (χ0v) is 12.9.